The van der Waals surface area contributed by atoms with Crippen molar-refractivity contribution in [3.63, 3.8) is 0 Å². The summed E-state index contributed by atoms with van der Waals surface area (Å²) in [5, 5.41) is 3.65. The van der Waals surface area contributed by atoms with Gasteiger partial charge in [-0.3, -0.25) is 0 Å². The van der Waals surface area contributed by atoms with E-state index < -0.39 is 10.0 Å². The minimum atomic E-state index is -3.78. The van der Waals surface area contributed by atoms with Gasteiger partial charge in [-0.25, -0.2) is 27.5 Å². The summed E-state index contributed by atoms with van der Waals surface area (Å²) in [5.41, 5.74) is 2.05. The molecule has 9 heteroatoms. The number of nitrogens with one attached hydrogen (secondary N) is 1. The Balaban J connectivity index is 1.80. The van der Waals surface area contributed by atoms with Crippen LogP contribution in [0.5, 0.6) is 0 Å². The molecule has 0 aliphatic rings. The molecule has 2 heterocycles. The molecule has 0 bridgehead atoms. The molecule has 0 unspecified atom stereocenters. The summed E-state index contributed by atoms with van der Waals surface area (Å²) >= 11 is 0. The number of benzene rings is 1. The molecule has 0 saturated heterocycles. The third-order valence-electron chi connectivity index (χ3n) is 3.54. The molecule has 0 atom stereocenters. The summed E-state index contributed by atoms with van der Waals surface area (Å²) in [6, 6.07) is 7.49. The second kappa shape index (κ2) is 6.69. The van der Waals surface area contributed by atoms with Crippen molar-refractivity contribution in [3.8, 4) is 11.3 Å². The molecule has 0 aliphatic carbocycles. The highest BCUT2D eigenvalue weighted by molar-refractivity contribution is 7.89. The highest BCUT2D eigenvalue weighted by atomic mass is 32.2. The molecule has 3 rings (SSSR count). The standard InChI is InChI=1S/C16H15FN4O3S/c1-10-16(11(2)24-21-10)25(22,23)20-8-14-7-15(19-9-18-14)12-3-5-13(17)6-4-12/h3-7,9,20H,8H2,1-2H3. The Morgan fingerprint density at radius 3 is 2.52 bits per heavy atom. The molecular formula is C16H15FN4O3S. The number of aromatic nitrogens is 3. The molecule has 0 saturated carbocycles. The lowest BCUT2D eigenvalue weighted by atomic mass is 10.1. The predicted molar refractivity (Wildman–Crippen MR) is 87.4 cm³/mol. The molecular weight excluding hydrogens is 347 g/mol. The molecule has 0 spiro atoms. The Kier molecular flexibility index (Phi) is 4.60. The maximum absolute atomic E-state index is 13.0. The largest absolute Gasteiger partial charge is 0.360 e. The van der Waals surface area contributed by atoms with Crippen LogP contribution in [0.4, 0.5) is 4.39 Å². The first-order valence-electron chi connectivity index (χ1n) is 7.36. The SMILES string of the molecule is Cc1noc(C)c1S(=O)(=O)NCc1cc(-c2ccc(F)cc2)ncn1. The third kappa shape index (κ3) is 3.72. The summed E-state index contributed by atoms with van der Waals surface area (Å²) in [6.45, 7) is 3.07. The number of nitrogens with zero attached hydrogens (tertiary/aromatic N) is 3. The van der Waals surface area contributed by atoms with Gasteiger partial charge >= 0.3 is 0 Å². The topological polar surface area (TPSA) is 98.0 Å². The third-order valence-corrected chi connectivity index (χ3v) is 5.19. The van der Waals surface area contributed by atoms with E-state index in [4.69, 9.17) is 4.52 Å². The van der Waals surface area contributed by atoms with Crippen molar-refractivity contribution < 1.29 is 17.3 Å². The summed E-state index contributed by atoms with van der Waals surface area (Å²) in [5.74, 6) is -0.120. The minimum absolute atomic E-state index is 0.0247. The van der Waals surface area contributed by atoms with Crippen LogP contribution in [0.1, 0.15) is 17.1 Å². The predicted octanol–water partition coefficient (Wildman–Crippen LogP) is 2.37. The molecule has 1 N–H and O–H groups in total. The van der Waals surface area contributed by atoms with Gasteiger partial charge in [-0.15, -0.1) is 0 Å². The van der Waals surface area contributed by atoms with E-state index in [1.165, 1.54) is 25.4 Å². The van der Waals surface area contributed by atoms with E-state index >= 15 is 0 Å². The van der Waals surface area contributed by atoms with Gasteiger partial charge in [-0.1, -0.05) is 5.16 Å². The minimum Gasteiger partial charge on any atom is -0.360 e. The van der Waals surface area contributed by atoms with E-state index in [2.05, 4.69) is 19.8 Å². The first-order valence-corrected chi connectivity index (χ1v) is 8.84. The van der Waals surface area contributed by atoms with Gasteiger partial charge in [0.25, 0.3) is 0 Å². The Hall–Kier alpha value is -2.65. The van der Waals surface area contributed by atoms with E-state index in [9.17, 15) is 12.8 Å². The van der Waals surface area contributed by atoms with Gasteiger partial charge in [0, 0.05) is 5.56 Å². The Morgan fingerprint density at radius 1 is 1.16 bits per heavy atom. The molecule has 0 aliphatic heterocycles. The van der Waals surface area contributed by atoms with Crippen LogP contribution in [-0.4, -0.2) is 23.5 Å². The molecule has 130 valence electrons. The summed E-state index contributed by atoms with van der Waals surface area (Å²) in [4.78, 5) is 8.21. The number of hydrogen-bond acceptors (Lipinski definition) is 6. The molecule has 0 radical (unpaired) electrons. The Morgan fingerprint density at radius 2 is 1.88 bits per heavy atom. The number of aryl methyl sites for hydroxylation is 2. The molecule has 0 fully saturated rings. The van der Waals surface area contributed by atoms with Gasteiger partial charge in [0.05, 0.1) is 17.9 Å². The molecule has 7 nitrogen and oxygen atoms in total. The van der Waals surface area contributed by atoms with Gasteiger partial charge in [0.1, 0.15) is 22.7 Å². The number of halogens is 1. The van der Waals surface area contributed by atoms with Crippen molar-refractivity contribution in [3.05, 3.63) is 59.6 Å². The smallest absolute Gasteiger partial charge is 0.246 e. The van der Waals surface area contributed by atoms with E-state index in [-0.39, 0.29) is 23.0 Å². The lowest BCUT2D eigenvalue weighted by Gasteiger charge is -2.07. The van der Waals surface area contributed by atoms with E-state index in [0.29, 0.717) is 22.6 Å². The Labute approximate surface area is 144 Å². The summed E-state index contributed by atoms with van der Waals surface area (Å²) in [6.07, 6.45) is 1.33. The zero-order valence-corrected chi connectivity index (χ0v) is 14.3. The van der Waals surface area contributed by atoms with Crippen LogP contribution in [0.25, 0.3) is 11.3 Å². The van der Waals surface area contributed by atoms with Gasteiger partial charge in [-0.2, -0.15) is 0 Å². The zero-order chi connectivity index (χ0) is 18.0. The van der Waals surface area contributed by atoms with E-state index in [1.807, 2.05) is 0 Å². The van der Waals surface area contributed by atoms with Crippen molar-refractivity contribution in [2.75, 3.05) is 0 Å². The summed E-state index contributed by atoms with van der Waals surface area (Å²) < 4.78 is 45.2. The monoisotopic (exact) mass is 362 g/mol. The van der Waals surface area contributed by atoms with Crippen LogP contribution < -0.4 is 4.72 Å². The van der Waals surface area contributed by atoms with Crippen molar-refractivity contribution >= 4 is 10.0 Å². The van der Waals surface area contributed by atoms with Crippen LogP contribution in [0.2, 0.25) is 0 Å². The maximum Gasteiger partial charge on any atom is 0.246 e. The first kappa shape index (κ1) is 17.2. The van der Waals surface area contributed by atoms with Crippen LogP contribution in [0.15, 0.2) is 46.1 Å². The normalized spacial score (nSPS) is 11.6. The van der Waals surface area contributed by atoms with Gasteiger partial charge in [0.15, 0.2) is 5.76 Å². The van der Waals surface area contributed by atoms with Crippen molar-refractivity contribution in [2.24, 2.45) is 0 Å². The lowest BCUT2D eigenvalue weighted by Crippen LogP contribution is -2.24. The van der Waals surface area contributed by atoms with E-state index in [1.54, 1.807) is 25.1 Å². The second-order valence-electron chi connectivity index (χ2n) is 5.38. The molecule has 0 amide bonds. The molecule has 3 aromatic rings. The molecule has 2 aromatic heterocycles. The first-order chi connectivity index (χ1) is 11.9. The average molecular weight is 362 g/mol. The average Bonchev–Trinajstić information content (AvgIpc) is 2.93. The van der Waals surface area contributed by atoms with Crippen LogP contribution in [0, 0.1) is 19.7 Å². The maximum atomic E-state index is 13.0. The number of hydrogen-bond donors (Lipinski definition) is 1. The number of sulfonamides is 1. The highest BCUT2D eigenvalue weighted by Crippen LogP contribution is 2.20. The Bertz CT molecular complexity index is 981. The zero-order valence-electron chi connectivity index (χ0n) is 13.5. The van der Waals surface area contributed by atoms with Crippen molar-refractivity contribution in [2.45, 2.75) is 25.3 Å². The quantitative estimate of drug-likeness (QED) is 0.748. The summed E-state index contributed by atoms with van der Waals surface area (Å²) in [7, 11) is -3.78. The highest BCUT2D eigenvalue weighted by Gasteiger charge is 2.23. The number of rotatable bonds is 5. The second-order valence-corrected chi connectivity index (χ2v) is 7.08. The van der Waals surface area contributed by atoms with Crippen LogP contribution >= 0.6 is 0 Å². The fourth-order valence-electron chi connectivity index (χ4n) is 2.37. The van der Waals surface area contributed by atoms with E-state index in [0.717, 1.165) is 0 Å². The fourth-order valence-corrected chi connectivity index (χ4v) is 3.70. The van der Waals surface area contributed by atoms with Crippen molar-refractivity contribution in [1.82, 2.24) is 19.8 Å². The van der Waals surface area contributed by atoms with Gasteiger partial charge in [0.2, 0.25) is 10.0 Å². The van der Waals surface area contributed by atoms with Crippen molar-refractivity contribution in [1.29, 1.82) is 0 Å². The van der Waals surface area contributed by atoms with Gasteiger partial charge < -0.3 is 4.52 Å². The van der Waals surface area contributed by atoms with Crippen LogP contribution in [0.3, 0.4) is 0 Å². The lowest BCUT2D eigenvalue weighted by molar-refractivity contribution is 0.390. The van der Waals surface area contributed by atoms with Gasteiger partial charge in [-0.05, 0) is 44.2 Å². The fraction of sp³-hybridized carbons (Fsp3) is 0.188. The molecule has 25 heavy (non-hydrogen) atoms. The molecule has 1 aromatic carbocycles. The van der Waals surface area contributed by atoms with Crippen LogP contribution in [-0.2, 0) is 16.6 Å².